The number of hydrogen-bond donors (Lipinski definition) is 0. The lowest BCUT2D eigenvalue weighted by Gasteiger charge is -2.22. The van der Waals surface area contributed by atoms with Gasteiger partial charge in [0.1, 0.15) is 5.82 Å². The van der Waals surface area contributed by atoms with E-state index in [4.69, 9.17) is 0 Å². The minimum atomic E-state index is -0.322. The lowest BCUT2D eigenvalue weighted by molar-refractivity contribution is 0.0761. The zero-order chi connectivity index (χ0) is 18.6. The second-order valence-corrected chi connectivity index (χ2v) is 6.92. The molecule has 2 heterocycles. The highest BCUT2D eigenvalue weighted by Gasteiger charge is 2.20. The molecule has 0 spiro atoms. The quantitative estimate of drug-likeness (QED) is 0.712. The molecular formula is C22H22FN3O. The number of amides is 1. The summed E-state index contributed by atoms with van der Waals surface area (Å²) in [5.74, 6) is -0.346. The standard InChI is InChI=1S/C22H22FN3O/c23-20-9-7-18(8-10-20)22(27)26-13-3-12-25(14-15-26)16-19-5-1-4-17-6-2-11-24-21(17)19/h1-2,4-11H,3,12-16H2. The molecular weight excluding hydrogens is 341 g/mol. The third kappa shape index (κ3) is 3.98. The van der Waals surface area contributed by atoms with E-state index >= 15 is 0 Å². The van der Waals surface area contributed by atoms with Crippen molar-refractivity contribution in [3.8, 4) is 0 Å². The highest BCUT2D eigenvalue weighted by atomic mass is 19.1. The predicted octanol–water partition coefficient (Wildman–Crippen LogP) is 3.72. The first-order valence-corrected chi connectivity index (χ1v) is 9.30. The number of hydrogen-bond acceptors (Lipinski definition) is 3. The van der Waals surface area contributed by atoms with Gasteiger partial charge in [-0.05, 0) is 42.3 Å². The van der Waals surface area contributed by atoms with Crippen molar-refractivity contribution in [1.29, 1.82) is 0 Å². The summed E-state index contributed by atoms with van der Waals surface area (Å²) >= 11 is 0. The molecule has 0 aliphatic carbocycles. The average molecular weight is 363 g/mol. The van der Waals surface area contributed by atoms with Crippen LogP contribution in [0.2, 0.25) is 0 Å². The van der Waals surface area contributed by atoms with Crippen LogP contribution in [0.15, 0.2) is 60.8 Å². The van der Waals surface area contributed by atoms with Crippen LogP contribution in [-0.2, 0) is 6.54 Å². The van der Waals surface area contributed by atoms with Crippen molar-refractivity contribution in [3.05, 3.63) is 77.7 Å². The van der Waals surface area contributed by atoms with E-state index in [1.807, 2.05) is 17.2 Å². The van der Waals surface area contributed by atoms with E-state index < -0.39 is 0 Å². The molecule has 0 N–H and O–H groups in total. The minimum Gasteiger partial charge on any atom is -0.337 e. The van der Waals surface area contributed by atoms with Crippen LogP contribution in [0.4, 0.5) is 4.39 Å². The number of benzene rings is 2. The van der Waals surface area contributed by atoms with Crippen molar-refractivity contribution >= 4 is 16.8 Å². The number of para-hydroxylation sites is 1. The van der Waals surface area contributed by atoms with Gasteiger partial charge in [-0.25, -0.2) is 4.39 Å². The number of fused-ring (bicyclic) bond motifs is 1. The summed E-state index contributed by atoms with van der Waals surface area (Å²) in [7, 11) is 0. The minimum absolute atomic E-state index is 0.0244. The van der Waals surface area contributed by atoms with E-state index in [0.717, 1.165) is 43.5 Å². The van der Waals surface area contributed by atoms with Gasteiger partial charge < -0.3 is 4.90 Å². The zero-order valence-electron chi connectivity index (χ0n) is 15.1. The molecule has 3 aromatic rings. The van der Waals surface area contributed by atoms with Gasteiger partial charge in [0, 0.05) is 49.9 Å². The Balaban J connectivity index is 1.44. The molecule has 0 atom stereocenters. The van der Waals surface area contributed by atoms with Gasteiger partial charge in [0.15, 0.2) is 0 Å². The lowest BCUT2D eigenvalue weighted by atomic mass is 10.1. The van der Waals surface area contributed by atoms with Crippen LogP contribution >= 0.6 is 0 Å². The second-order valence-electron chi connectivity index (χ2n) is 6.92. The summed E-state index contributed by atoms with van der Waals surface area (Å²) in [6.07, 6.45) is 2.75. The number of nitrogens with zero attached hydrogens (tertiary/aromatic N) is 3. The Labute approximate surface area is 158 Å². The van der Waals surface area contributed by atoms with Gasteiger partial charge in [0.05, 0.1) is 5.52 Å². The summed E-state index contributed by atoms with van der Waals surface area (Å²) in [4.78, 5) is 21.5. The summed E-state index contributed by atoms with van der Waals surface area (Å²) < 4.78 is 13.1. The number of halogens is 1. The van der Waals surface area contributed by atoms with Crippen LogP contribution in [0.25, 0.3) is 10.9 Å². The van der Waals surface area contributed by atoms with Crippen LogP contribution in [0, 0.1) is 5.82 Å². The first-order valence-electron chi connectivity index (χ1n) is 9.30. The molecule has 1 aliphatic heterocycles. The molecule has 2 aromatic carbocycles. The smallest absolute Gasteiger partial charge is 0.253 e. The van der Waals surface area contributed by atoms with E-state index in [-0.39, 0.29) is 11.7 Å². The molecule has 0 saturated carbocycles. The summed E-state index contributed by atoms with van der Waals surface area (Å²) in [6.45, 7) is 3.98. The van der Waals surface area contributed by atoms with Gasteiger partial charge in [-0.2, -0.15) is 0 Å². The highest BCUT2D eigenvalue weighted by Crippen LogP contribution is 2.19. The average Bonchev–Trinajstić information content (AvgIpc) is 2.94. The molecule has 1 saturated heterocycles. The maximum Gasteiger partial charge on any atom is 0.253 e. The third-order valence-electron chi connectivity index (χ3n) is 5.08. The van der Waals surface area contributed by atoms with Gasteiger partial charge in [-0.3, -0.25) is 14.7 Å². The largest absolute Gasteiger partial charge is 0.337 e. The highest BCUT2D eigenvalue weighted by molar-refractivity contribution is 5.94. The molecule has 138 valence electrons. The van der Waals surface area contributed by atoms with Crippen molar-refractivity contribution in [2.45, 2.75) is 13.0 Å². The van der Waals surface area contributed by atoms with Gasteiger partial charge in [0.2, 0.25) is 0 Å². The van der Waals surface area contributed by atoms with E-state index in [0.29, 0.717) is 12.1 Å². The van der Waals surface area contributed by atoms with Crippen LogP contribution in [0.3, 0.4) is 0 Å². The van der Waals surface area contributed by atoms with Crippen LogP contribution in [0.5, 0.6) is 0 Å². The molecule has 0 unspecified atom stereocenters. The topological polar surface area (TPSA) is 36.4 Å². The normalized spacial score (nSPS) is 15.7. The summed E-state index contributed by atoms with van der Waals surface area (Å²) in [6, 6.07) is 16.1. The molecule has 1 aliphatic rings. The Kier molecular flexibility index (Phi) is 5.12. The van der Waals surface area contributed by atoms with Crippen LogP contribution in [0.1, 0.15) is 22.3 Å². The fourth-order valence-corrected chi connectivity index (χ4v) is 3.64. The van der Waals surface area contributed by atoms with E-state index in [1.54, 1.807) is 12.1 Å². The number of carbonyl (C=O) groups is 1. The number of carbonyl (C=O) groups excluding carboxylic acids is 1. The lowest BCUT2D eigenvalue weighted by Crippen LogP contribution is -2.35. The van der Waals surface area contributed by atoms with Gasteiger partial charge in [0.25, 0.3) is 5.91 Å². The molecule has 4 rings (SSSR count). The summed E-state index contributed by atoms with van der Waals surface area (Å²) in [5, 5.41) is 1.15. The Morgan fingerprint density at radius 1 is 0.963 bits per heavy atom. The van der Waals surface area contributed by atoms with Crippen LogP contribution < -0.4 is 0 Å². The Bertz CT molecular complexity index is 936. The zero-order valence-corrected chi connectivity index (χ0v) is 15.1. The molecule has 27 heavy (non-hydrogen) atoms. The van der Waals surface area contributed by atoms with Crippen molar-refractivity contribution in [3.63, 3.8) is 0 Å². The number of aromatic nitrogens is 1. The third-order valence-corrected chi connectivity index (χ3v) is 5.08. The Hall–Kier alpha value is -2.79. The molecule has 0 bridgehead atoms. The van der Waals surface area contributed by atoms with Gasteiger partial charge >= 0.3 is 0 Å². The summed E-state index contributed by atoms with van der Waals surface area (Å²) in [5.41, 5.74) is 2.80. The van der Waals surface area contributed by atoms with Crippen molar-refractivity contribution in [2.75, 3.05) is 26.2 Å². The van der Waals surface area contributed by atoms with Crippen molar-refractivity contribution in [1.82, 2.24) is 14.8 Å². The molecule has 1 fully saturated rings. The van der Waals surface area contributed by atoms with Gasteiger partial charge in [-0.15, -0.1) is 0 Å². The van der Waals surface area contributed by atoms with Crippen molar-refractivity contribution in [2.24, 2.45) is 0 Å². The first kappa shape index (κ1) is 17.6. The molecule has 4 nitrogen and oxygen atoms in total. The maximum absolute atomic E-state index is 13.1. The predicted molar refractivity (Wildman–Crippen MR) is 104 cm³/mol. The molecule has 0 radical (unpaired) electrons. The first-order chi connectivity index (χ1) is 13.2. The fraction of sp³-hybridized carbons (Fsp3) is 0.273. The molecule has 1 aromatic heterocycles. The number of pyridine rings is 1. The SMILES string of the molecule is O=C(c1ccc(F)cc1)N1CCCN(Cc2cccc3cccnc23)CC1. The second kappa shape index (κ2) is 7.84. The number of rotatable bonds is 3. The maximum atomic E-state index is 13.1. The van der Waals surface area contributed by atoms with Crippen LogP contribution in [-0.4, -0.2) is 46.9 Å². The molecule has 5 heteroatoms. The molecule has 1 amide bonds. The fourth-order valence-electron chi connectivity index (χ4n) is 3.64. The van der Waals surface area contributed by atoms with Crippen molar-refractivity contribution < 1.29 is 9.18 Å². The van der Waals surface area contributed by atoms with E-state index in [9.17, 15) is 9.18 Å². The van der Waals surface area contributed by atoms with Gasteiger partial charge in [-0.1, -0.05) is 24.3 Å². The monoisotopic (exact) mass is 363 g/mol. The van der Waals surface area contributed by atoms with E-state index in [2.05, 4.69) is 34.1 Å². The van der Waals surface area contributed by atoms with E-state index in [1.165, 1.54) is 17.7 Å². The Morgan fingerprint density at radius 3 is 2.63 bits per heavy atom. The Morgan fingerprint density at radius 2 is 1.78 bits per heavy atom.